The average molecular weight is 281 g/mol. The van der Waals surface area contributed by atoms with Crippen LogP contribution in [0, 0.1) is 5.92 Å². The molecular weight excluding hydrogens is 262 g/mol. The van der Waals surface area contributed by atoms with Gasteiger partial charge in [-0.2, -0.15) is 0 Å². The molecule has 0 radical (unpaired) electrons. The van der Waals surface area contributed by atoms with Crippen molar-refractivity contribution in [3.63, 3.8) is 0 Å². The highest BCUT2D eigenvalue weighted by Crippen LogP contribution is 2.30. The number of aliphatic hydroxyl groups is 1. The second-order valence-electron chi connectivity index (χ2n) is 4.66. The normalized spacial score (nSPS) is 13.4. The van der Waals surface area contributed by atoms with Crippen LogP contribution in [0.5, 0.6) is 0 Å². The van der Waals surface area contributed by atoms with Gasteiger partial charge in [-0.25, -0.2) is 0 Å². The lowest BCUT2D eigenvalue weighted by Gasteiger charge is -2.26. The lowest BCUT2D eigenvalue weighted by molar-refractivity contribution is 0.205. The Kier molecular flexibility index (Phi) is 4.95. The zero-order chi connectivity index (χ0) is 13.0. The molecule has 0 aliphatic carbocycles. The molecule has 2 aromatic heterocycles. The second-order valence-corrected chi connectivity index (χ2v) is 6.62. The van der Waals surface area contributed by atoms with Gasteiger partial charge in [-0.1, -0.05) is 26.0 Å². The standard InChI is InChI=1S/C14H19NOS2/c1-10(2)11(9-16)15-14(12-5-3-7-17-12)13-6-4-8-18-13/h3-8,10-11,14-16H,9H2,1-2H3. The fourth-order valence-electron chi connectivity index (χ4n) is 1.89. The molecule has 0 aliphatic rings. The summed E-state index contributed by atoms with van der Waals surface area (Å²) in [6, 6.07) is 8.77. The van der Waals surface area contributed by atoms with Gasteiger partial charge in [0.15, 0.2) is 0 Å². The fraction of sp³-hybridized carbons (Fsp3) is 0.429. The Labute approximate surface area is 116 Å². The van der Waals surface area contributed by atoms with Crippen LogP contribution in [-0.4, -0.2) is 17.8 Å². The van der Waals surface area contributed by atoms with E-state index in [9.17, 15) is 5.11 Å². The molecule has 0 bridgehead atoms. The van der Waals surface area contributed by atoms with Crippen LogP contribution in [0.4, 0.5) is 0 Å². The van der Waals surface area contributed by atoms with Crippen LogP contribution >= 0.6 is 22.7 Å². The van der Waals surface area contributed by atoms with E-state index in [0.29, 0.717) is 5.92 Å². The van der Waals surface area contributed by atoms with Gasteiger partial charge in [0.2, 0.25) is 0 Å². The van der Waals surface area contributed by atoms with Gasteiger partial charge in [0.1, 0.15) is 0 Å². The third kappa shape index (κ3) is 3.20. The number of aliphatic hydroxyl groups excluding tert-OH is 1. The van der Waals surface area contributed by atoms with E-state index in [1.54, 1.807) is 22.7 Å². The van der Waals surface area contributed by atoms with Crippen LogP contribution < -0.4 is 5.32 Å². The predicted molar refractivity (Wildman–Crippen MR) is 79.3 cm³/mol. The van der Waals surface area contributed by atoms with Gasteiger partial charge < -0.3 is 5.11 Å². The molecular formula is C14H19NOS2. The first-order valence-electron chi connectivity index (χ1n) is 6.16. The maximum atomic E-state index is 9.48. The van der Waals surface area contributed by atoms with E-state index in [0.717, 1.165) is 0 Å². The molecule has 1 unspecified atom stereocenters. The minimum Gasteiger partial charge on any atom is -0.395 e. The van der Waals surface area contributed by atoms with E-state index in [4.69, 9.17) is 0 Å². The molecule has 4 heteroatoms. The first-order chi connectivity index (χ1) is 8.72. The summed E-state index contributed by atoms with van der Waals surface area (Å²) < 4.78 is 0. The maximum Gasteiger partial charge on any atom is 0.0767 e. The molecule has 0 saturated heterocycles. The van der Waals surface area contributed by atoms with Crippen LogP contribution in [0.15, 0.2) is 35.0 Å². The molecule has 1 atom stereocenters. The number of nitrogens with one attached hydrogen (secondary N) is 1. The summed E-state index contributed by atoms with van der Waals surface area (Å²) in [7, 11) is 0. The predicted octanol–water partition coefficient (Wildman–Crippen LogP) is 3.51. The van der Waals surface area contributed by atoms with E-state index < -0.39 is 0 Å². The summed E-state index contributed by atoms with van der Waals surface area (Å²) in [4.78, 5) is 2.60. The molecule has 0 aliphatic heterocycles. The van der Waals surface area contributed by atoms with Crippen LogP contribution in [0.25, 0.3) is 0 Å². The van der Waals surface area contributed by atoms with E-state index in [-0.39, 0.29) is 18.7 Å². The van der Waals surface area contributed by atoms with Gasteiger partial charge in [0.05, 0.1) is 12.6 Å². The smallest absolute Gasteiger partial charge is 0.0767 e. The highest BCUT2D eigenvalue weighted by Gasteiger charge is 2.21. The molecule has 2 heterocycles. The Balaban J connectivity index is 2.21. The second kappa shape index (κ2) is 6.48. The Morgan fingerprint density at radius 3 is 2.00 bits per heavy atom. The molecule has 0 spiro atoms. The van der Waals surface area contributed by atoms with E-state index in [2.05, 4.69) is 54.2 Å². The number of thiophene rings is 2. The van der Waals surface area contributed by atoms with Crippen molar-refractivity contribution in [2.45, 2.75) is 25.9 Å². The third-order valence-electron chi connectivity index (χ3n) is 3.04. The fourth-order valence-corrected chi connectivity index (χ4v) is 3.57. The van der Waals surface area contributed by atoms with Crippen molar-refractivity contribution in [1.29, 1.82) is 0 Å². The number of hydrogen-bond acceptors (Lipinski definition) is 4. The van der Waals surface area contributed by atoms with E-state index >= 15 is 0 Å². The topological polar surface area (TPSA) is 32.3 Å². The molecule has 0 amide bonds. The number of hydrogen-bond donors (Lipinski definition) is 2. The first-order valence-corrected chi connectivity index (χ1v) is 7.92. The monoisotopic (exact) mass is 281 g/mol. The van der Waals surface area contributed by atoms with Crippen molar-refractivity contribution >= 4 is 22.7 Å². The van der Waals surface area contributed by atoms with E-state index in [1.807, 2.05) is 0 Å². The van der Waals surface area contributed by atoms with Crippen LogP contribution in [0.1, 0.15) is 29.6 Å². The molecule has 0 saturated carbocycles. The SMILES string of the molecule is CC(C)C(CO)NC(c1cccs1)c1cccs1. The van der Waals surface area contributed by atoms with Gasteiger partial charge in [0.25, 0.3) is 0 Å². The van der Waals surface area contributed by atoms with Crippen LogP contribution in [-0.2, 0) is 0 Å². The summed E-state index contributed by atoms with van der Waals surface area (Å²) >= 11 is 3.51. The van der Waals surface area contributed by atoms with Crippen molar-refractivity contribution in [3.8, 4) is 0 Å². The molecule has 98 valence electrons. The lowest BCUT2D eigenvalue weighted by atomic mass is 10.0. The zero-order valence-electron chi connectivity index (χ0n) is 10.7. The average Bonchev–Trinajstić information content (AvgIpc) is 3.02. The van der Waals surface area contributed by atoms with Crippen molar-refractivity contribution in [2.24, 2.45) is 5.92 Å². The molecule has 18 heavy (non-hydrogen) atoms. The molecule has 2 nitrogen and oxygen atoms in total. The van der Waals surface area contributed by atoms with Crippen molar-refractivity contribution in [3.05, 3.63) is 44.8 Å². The summed E-state index contributed by atoms with van der Waals surface area (Å²) in [6.45, 7) is 4.44. The minimum atomic E-state index is 0.124. The summed E-state index contributed by atoms with van der Waals surface area (Å²) in [5, 5.41) is 17.3. The van der Waals surface area contributed by atoms with Crippen molar-refractivity contribution < 1.29 is 5.11 Å². The summed E-state index contributed by atoms with van der Waals surface area (Å²) in [5.74, 6) is 0.414. The van der Waals surface area contributed by atoms with Gasteiger partial charge >= 0.3 is 0 Å². The van der Waals surface area contributed by atoms with Crippen LogP contribution in [0.2, 0.25) is 0 Å². The van der Waals surface area contributed by atoms with Gasteiger partial charge in [0, 0.05) is 15.8 Å². The highest BCUT2D eigenvalue weighted by atomic mass is 32.1. The highest BCUT2D eigenvalue weighted by molar-refractivity contribution is 7.11. The maximum absolute atomic E-state index is 9.48. The van der Waals surface area contributed by atoms with E-state index in [1.165, 1.54) is 9.75 Å². The molecule has 0 aromatic carbocycles. The molecule has 2 aromatic rings. The Hall–Kier alpha value is -0.680. The molecule has 2 rings (SSSR count). The quantitative estimate of drug-likeness (QED) is 0.849. The Morgan fingerprint density at radius 1 is 1.11 bits per heavy atom. The largest absolute Gasteiger partial charge is 0.395 e. The molecule has 0 fully saturated rings. The zero-order valence-corrected chi connectivity index (χ0v) is 12.3. The Morgan fingerprint density at radius 2 is 1.67 bits per heavy atom. The minimum absolute atomic E-state index is 0.124. The lowest BCUT2D eigenvalue weighted by Crippen LogP contribution is -2.39. The van der Waals surface area contributed by atoms with Gasteiger partial charge in [-0.05, 0) is 28.8 Å². The van der Waals surface area contributed by atoms with Crippen molar-refractivity contribution in [1.82, 2.24) is 5.32 Å². The molecule has 2 N–H and O–H groups in total. The Bertz CT molecular complexity index is 402. The van der Waals surface area contributed by atoms with Gasteiger partial charge in [-0.15, -0.1) is 22.7 Å². The summed E-state index contributed by atoms with van der Waals surface area (Å²) in [6.07, 6.45) is 0. The first kappa shape index (κ1) is 13.7. The summed E-state index contributed by atoms with van der Waals surface area (Å²) in [5.41, 5.74) is 0. The third-order valence-corrected chi connectivity index (χ3v) is 4.91. The number of rotatable bonds is 6. The van der Waals surface area contributed by atoms with Crippen molar-refractivity contribution in [2.75, 3.05) is 6.61 Å². The van der Waals surface area contributed by atoms with Crippen LogP contribution in [0.3, 0.4) is 0 Å². The van der Waals surface area contributed by atoms with Gasteiger partial charge in [-0.3, -0.25) is 5.32 Å².